The van der Waals surface area contributed by atoms with Crippen LogP contribution in [0.4, 0.5) is 0 Å². The molecule has 10 rings (SSSR count). The summed E-state index contributed by atoms with van der Waals surface area (Å²) in [6.45, 7) is 0. The molecular formula is C57H39N3. The fourth-order valence-electron chi connectivity index (χ4n) is 7.85. The van der Waals surface area contributed by atoms with E-state index in [0.29, 0.717) is 17.5 Å². The van der Waals surface area contributed by atoms with Gasteiger partial charge in [-0.2, -0.15) is 0 Å². The molecule has 3 heteroatoms. The van der Waals surface area contributed by atoms with Crippen LogP contribution in [0.25, 0.3) is 101 Å². The Morgan fingerprint density at radius 1 is 0.167 bits per heavy atom. The highest BCUT2D eigenvalue weighted by Gasteiger charge is 2.17. The smallest absolute Gasteiger partial charge is 0.164 e. The third-order valence-corrected chi connectivity index (χ3v) is 11.0. The van der Waals surface area contributed by atoms with Gasteiger partial charge in [0.25, 0.3) is 0 Å². The number of nitrogens with zero attached hydrogens (tertiary/aromatic N) is 3. The molecule has 1 aromatic heterocycles. The van der Waals surface area contributed by atoms with E-state index in [-0.39, 0.29) is 0 Å². The van der Waals surface area contributed by atoms with Crippen molar-refractivity contribution in [2.75, 3.05) is 0 Å². The average molecular weight is 766 g/mol. The quantitative estimate of drug-likeness (QED) is 0.147. The largest absolute Gasteiger partial charge is 0.208 e. The van der Waals surface area contributed by atoms with Crippen LogP contribution < -0.4 is 0 Å². The summed E-state index contributed by atoms with van der Waals surface area (Å²) in [7, 11) is 0. The first kappa shape index (κ1) is 36.3. The van der Waals surface area contributed by atoms with E-state index < -0.39 is 0 Å². The van der Waals surface area contributed by atoms with E-state index in [0.717, 1.165) is 55.6 Å². The second kappa shape index (κ2) is 16.5. The van der Waals surface area contributed by atoms with Crippen LogP contribution in [0.15, 0.2) is 237 Å². The van der Waals surface area contributed by atoms with Crippen LogP contribution >= 0.6 is 0 Å². The third kappa shape index (κ3) is 7.68. The molecule has 0 aliphatic rings. The highest BCUT2D eigenvalue weighted by atomic mass is 15.0. The van der Waals surface area contributed by atoms with Crippen molar-refractivity contribution in [3.8, 4) is 101 Å². The third-order valence-electron chi connectivity index (χ3n) is 11.0. The second-order valence-corrected chi connectivity index (χ2v) is 14.9. The lowest BCUT2D eigenvalue weighted by Crippen LogP contribution is -2.01. The van der Waals surface area contributed by atoms with Crippen molar-refractivity contribution in [1.82, 2.24) is 15.0 Å². The van der Waals surface area contributed by atoms with E-state index in [1.165, 1.54) is 27.8 Å². The van der Waals surface area contributed by atoms with Crippen molar-refractivity contribution in [2.45, 2.75) is 0 Å². The van der Waals surface area contributed by atoms with Crippen molar-refractivity contribution >= 4 is 0 Å². The lowest BCUT2D eigenvalue weighted by atomic mass is 9.95. The van der Waals surface area contributed by atoms with Gasteiger partial charge in [0.15, 0.2) is 17.5 Å². The molecule has 1 heterocycles. The van der Waals surface area contributed by atoms with Gasteiger partial charge >= 0.3 is 0 Å². The first-order valence-corrected chi connectivity index (χ1v) is 20.3. The SMILES string of the molecule is c1ccc(-c2cccc(-c3ccc(-c4nc(-c5cccc(-c6cccc(-c7ccccc7)c6)c5)nc(-c5ccccc5-c5cccc(-c6ccccc6)c5)n4)cc3)c2)cc1. The van der Waals surface area contributed by atoms with Gasteiger partial charge in [0.2, 0.25) is 0 Å². The van der Waals surface area contributed by atoms with Gasteiger partial charge in [-0.1, -0.05) is 212 Å². The fraction of sp³-hybridized carbons (Fsp3) is 0. The summed E-state index contributed by atoms with van der Waals surface area (Å²) < 4.78 is 0. The van der Waals surface area contributed by atoms with Crippen LogP contribution in [-0.2, 0) is 0 Å². The zero-order valence-electron chi connectivity index (χ0n) is 32.9. The van der Waals surface area contributed by atoms with Crippen molar-refractivity contribution in [1.29, 1.82) is 0 Å². The topological polar surface area (TPSA) is 38.7 Å². The van der Waals surface area contributed by atoms with Crippen molar-refractivity contribution in [3.05, 3.63) is 237 Å². The molecule has 0 radical (unpaired) electrons. The molecule has 0 amide bonds. The predicted molar refractivity (Wildman–Crippen MR) is 249 cm³/mol. The zero-order valence-corrected chi connectivity index (χ0v) is 32.9. The fourth-order valence-corrected chi connectivity index (χ4v) is 7.85. The Kier molecular flexibility index (Phi) is 9.97. The van der Waals surface area contributed by atoms with E-state index in [2.05, 4.69) is 218 Å². The Hall–Kier alpha value is -8.01. The Labute approximate surface area is 351 Å². The summed E-state index contributed by atoms with van der Waals surface area (Å²) in [5.74, 6) is 1.85. The van der Waals surface area contributed by atoms with Gasteiger partial charge in [-0.25, -0.2) is 15.0 Å². The van der Waals surface area contributed by atoms with E-state index in [9.17, 15) is 0 Å². The van der Waals surface area contributed by atoms with E-state index in [1.807, 2.05) is 18.2 Å². The monoisotopic (exact) mass is 765 g/mol. The molecule has 9 aromatic carbocycles. The van der Waals surface area contributed by atoms with Gasteiger partial charge in [0.1, 0.15) is 0 Å². The van der Waals surface area contributed by atoms with Gasteiger partial charge in [-0.3, -0.25) is 0 Å². The molecule has 282 valence electrons. The van der Waals surface area contributed by atoms with Crippen molar-refractivity contribution in [3.63, 3.8) is 0 Å². The maximum Gasteiger partial charge on any atom is 0.164 e. The maximum atomic E-state index is 5.25. The average Bonchev–Trinajstić information content (AvgIpc) is 3.35. The van der Waals surface area contributed by atoms with E-state index >= 15 is 0 Å². The van der Waals surface area contributed by atoms with Gasteiger partial charge in [0, 0.05) is 16.7 Å². The number of hydrogen-bond donors (Lipinski definition) is 0. The molecule has 0 N–H and O–H groups in total. The lowest BCUT2D eigenvalue weighted by Gasteiger charge is -2.14. The molecule has 0 spiro atoms. The van der Waals surface area contributed by atoms with Crippen LogP contribution in [0.3, 0.4) is 0 Å². The highest BCUT2D eigenvalue weighted by Crippen LogP contribution is 2.36. The first-order chi connectivity index (χ1) is 29.7. The van der Waals surface area contributed by atoms with Crippen molar-refractivity contribution in [2.24, 2.45) is 0 Å². The minimum atomic E-state index is 0.614. The molecule has 0 saturated heterocycles. The molecule has 0 atom stereocenters. The molecule has 0 unspecified atom stereocenters. The molecule has 60 heavy (non-hydrogen) atoms. The van der Waals surface area contributed by atoms with E-state index in [4.69, 9.17) is 15.0 Å². The van der Waals surface area contributed by atoms with Gasteiger partial charge < -0.3 is 0 Å². The Morgan fingerprint density at radius 2 is 0.450 bits per heavy atom. The number of aromatic nitrogens is 3. The number of benzene rings is 9. The standard InChI is InChI=1S/C57H39N3/c1-4-16-40(17-5-1)45-22-12-24-47(36-45)43-32-34-44(35-33-43)55-58-56(52-29-15-27-50(39-52)49-26-13-23-46(37-49)41-18-6-2-7-19-41)60-57(59-55)54-31-11-10-30-53(54)51-28-14-25-48(38-51)42-20-8-3-9-21-42/h1-39H. The highest BCUT2D eigenvalue weighted by molar-refractivity contribution is 5.85. The summed E-state index contributed by atoms with van der Waals surface area (Å²) in [4.78, 5) is 15.7. The second-order valence-electron chi connectivity index (χ2n) is 14.9. The molecule has 3 nitrogen and oxygen atoms in total. The van der Waals surface area contributed by atoms with Crippen LogP contribution in [0.1, 0.15) is 0 Å². The van der Waals surface area contributed by atoms with Crippen LogP contribution in [-0.4, -0.2) is 15.0 Å². The summed E-state index contributed by atoms with van der Waals surface area (Å²) in [5.41, 5.74) is 16.5. The van der Waals surface area contributed by atoms with Crippen LogP contribution in [0, 0.1) is 0 Å². The van der Waals surface area contributed by atoms with Crippen LogP contribution in [0.2, 0.25) is 0 Å². The molecule has 0 fully saturated rings. The molecule has 0 bridgehead atoms. The van der Waals surface area contributed by atoms with Gasteiger partial charge in [0.05, 0.1) is 0 Å². The molecule has 0 aliphatic carbocycles. The normalized spacial score (nSPS) is 11.0. The molecule has 0 aliphatic heterocycles. The Morgan fingerprint density at radius 3 is 0.933 bits per heavy atom. The summed E-state index contributed by atoms with van der Waals surface area (Å²) >= 11 is 0. The molecular weight excluding hydrogens is 727 g/mol. The Balaban J connectivity index is 1.08. The van der Waals surface area contributed by atoms with E-state index in [1.54, 1.807) is 0 Å². The van der Waals surface area contributed by atoms with Crippen molar-refractivity contribution < 1.29 is 0 Å². The first-order valence-electron chi connectivity index (χ1n) is 20.3. The zero-order chi connectivity index (χ0) is 40.1. The predicted octanol–water partition coefficient (Wildman–Crippen LogP) is 14.9. The lowest BCUT2D eigenvalue weighted by molar-refractivity contribution is 1.07. The maximum absolute atomic E-state index is 5.25. The van der Waals surface area contributed by atoms with Gasteiger partial charge in [-0.15, -0.1) is 0 Å². The molecule has 10 aromatic rings. The summed E-state index contributed by atoms with van der Waals surface area (Å²) in [6.07, 6.45) is 0. The summed E-state index contributed by atoms with van der Waals surface area (Å²) in [6, 6.07) is 83.0. The number of rotatable bonds is 9. The molecule has 0 saturated carbocycles. The van der Waals surface area contributed by atoms with Gasteiger partial charge in [-0.05, 0) is 91.0 Å². The van der Waals surface area contributed by atoms with Crippen LogP contribution in [0.5, 0.6) is 0 Å². The Bertz CT molecular complexity index is 3070. The minimum Gasteiger partial charge on any atom is -0.208 e. The summed E-state index contributed by atoms with van der Waals surface area (Å²) in [5, 5.41) is 0. The minimum absolute atomic E-state index is 0.614. The number of hydrogen-bond acceptors (Lipinski definition) is 3.